The minimum atomic E-state index is -0.0952. The number of carbonyl (C=O) groups is 1. The standard InChI is InChI=1S/C23H17Cl2NO3S/c1-13-22-15(11-26(12-28-22)10-14-4-5-16(24)8-19(14)25)7-18-21(27)20(29-23(13)18)9-17-3-2-6-30-17/h2-9H,10-12H2,1H3/b20-9-. The molecule has 7 heteroatoms. The molecule has 0 aliphatic carbocycles. The zero-order chi connectivity index (χ0) is 20.8. The lowest BCUT2D eigenvalue weighted by molar-refractivity contribution is 0.0877. The third-order valence-electron chi connectivity index (χ3n) is 5.23. The second kappa shape index (κ2) is 7.75. The summed E-state index contributed by atoms with van der Waals surface area (Å²) in [7, 11) is 0. The molecule has 5 rings (SSSR count). The summed E-state index contributed by atoms with van der Waals surface area (Å²) in [5, 5.41) is 3.21. The molecule has 3 aromatic rings. The van der Waals surface area contributed by atoms with E-state index in [1.807, 2.05) is 42.6 Å². The molecule has 1 aromatic heterocycles. The van der Waals surface area contributed by atoms with Gasteiger partial charge < -0.3 is 9.47 Å². The maximum absolute atomic E-state index is 12.9. The number of hydrogen-bond acceptors (Lipinski definition) is 5. The van der Waals surface area contributed by atoms with Gasteiger partial charge in [-0.2, -0.15) is 0 Å². The van der Waals surface area contributed by atoms with E-state index in [1.165, 1.54) is 0 Å². The van der Waals surface area contributed by atoms with Crippen molar-refractivity contribution >= 4 is 46.4 Å². The van der Waals surface area contributed by atoms with E-state index in [-0.39, 0.29) is 5.78 Å². The van der Waals surface area contributed by atoms with E-state index >= 15 is 0 Å². The molecule has 0 bridgehead atoms. The van der Waals surface area contributed by atoms with Crippen LogP contribution >= 0.6 is 34.5 Å². The lowest BCUT2D eigenvalue weighted by Gasteiger charge is -2.30. The number of benzene rings is 2. The Morgan fingerprint density at radius 2 is 2.07 bits per heavy atom. The summed E-state index contributed by atoms with van der Waals surface area (Å²) in [5.74, 6) is 1.64. The summed E-state index contributed by atoms with van der Waals surface area (Å²) < 4.78 is 12.0. The number of fused-ring (bicyclic) bond motifs is 2. The molecular weight excluding hydrogens is 441 g/mol. The molecule has 2 aromatic carbocycles. The fourth-order valence-corrected chi connectivity index (χ4v) is 4.91. The van der Waals surface area contributed by atoms with Gasteiger partial charge in [0.25, 0.3) is 0 Å². The highest BCUT2D eigenvalue weighted by atomic mass is 35.5. The van der Waals surface area contributed by atoms with Crippen molar-refractivity contribution in [3.05, 3.63) is 84.7 Å². The maximum Gasteiger partial charge on any atom is 0.232 e. The Bertz CT molecular complexity index is 1190. The molecule has 0 saturated carbocycles. The molecule has 0 amide bonds. The molecule has 0 unspecified atom stereocenters. The molecule has 0 radical (unpaired) electrons. The van der Waals surface area contributed by atoms with E-state index in [1.54, 1.807) is 23.5 Å². The van der Waals surface area contributed by atoms with E-state index in [2.05, 4.69) is 4.90 Å². The minimum absolute atomic E-state index is 0.0952. The smallest absolute Gasteiger partial charge is 0.232 e. The Labute approximate surface area is 188 Å². The highest BCUT2D eigenvalue weighted by molar-refractivity contribution is 7.10. The van der Waals surface area contributed by atoms with Crippen LogP contribution in [0.2, 0.25) is 10.0 Å². The number of hydrogen-bond donors (Lipinski definition) is 0. The van der Waals surface area contributed by atoms with E-state index in [0.29, 0.717) is 46.9 Å². The fraction of sp³-hybridized carbons (Fsp3) is 0.174. The number of nitrogens with zero attached hydrogens (tertiary/aromatic N) is 1. The maximum atomic E-state index is 12.9. The molecule has 30 heavy (non-hydrogen) atoms. The van der Waals surface area contributed by atoms with Crippen LogP contribution in [0.3, 0.4) is 0 Å². The number of thiophene rings is 1. The molecule has 3 heterocycles. The van der Waals surface area contributed by atoms with Crippen molar-refractivity contribution in [1.82, 2.24) is 4.90 Å². The van der Waals surface area contributed by atoms with Gasteiger partial charge in [0.2, 0.25) is 5.78 Å². The fourth-order valence-electron chi connectivity index (χ4n) is 3.79. The van der Waals surface area contributed by atoms with Gasteiger partial charge in [-0.25, -0.2) is 0 Å². The van der Waals surface area contributed by atoms with Crippen LogP contribution < -0.4 is 9.47 Å². The SMILES string of the molecule is Cc1c2c(cc3c1O/C(=C\c1cccs1)C3=O)CN(Cc1ccc(Cl)cc1Cl)CO2. The predicted molar refractivity (Wildman–Crippen MR) is 120 cm³/mol. The second-order valence-corrected chi connectivity index (χ2v) is 9.14. The van der Waals surface area contributed by atoms with Gasteiger partial charge in [0.15, 0.2) is 5.76 Å². The van der Waals surface area contributed by atoms with Gasteiger partial charge in [-0.05, 0) is 42.1 Å². The molecule has 0 N–H and O–H groups in total. The molecule has 0 fully saturated rings. The Balaban J connectivity index is 1.42. The molecule has 0 saturated heterocycles. The summed E-state index contributed by atoms with van der Waals surface area (Å²) in [5.41, 5.74) is 3.39. The summed E-state index contributed by atoms with van der Waals surface area (Å²) >= 11 is 13.9. The summed E-state index contributed by atoms with van der Waals surface area (Å²) in [6.07, 6.45) is 1.79. The summed E-state index contributed by atoms with van der Waals surface area (Å²) in [6, 6.07) is 11.3. The van der Waals surface area contributed by atoms with E-state index in [0.717, 1.165) is 27.3 Å². The van der Waals surface area contributed by atoms with E-state index in [4.69, 9.17) is 32.7 Å². The average Bonchev–Trinajstić information content (AvgIpc) is 3.34. The van der Waals surface area contributed by atoms with Crippen LogP contribution in [0.4, 0.5) is 0 Å². The zero-order valence-electron chi connectivity index (χ0n) is 16.1. The Morgan fingerprint density at radius 3 is 2.83 bits per heavy atom. The van der Waals surface area contributed by atoms with Crippen molar-refractivity contribution in [2.24, 2.45) is 0 Å². The average molecular weight is 458 g/mol. The molecule has 2 aliphatic heterocycles. The number of rotatable bonds is 3. The first-order chi connectivity index (χ1) is 14.5. The molecule has 2 aliphatic rings. The van der Waals surface area contributed by atoms with Gasteiger partial charge in [-0.3, -0.25) is 9.69 Å². The third-order valence-corrected chi connectivity index (χ3v) is 6.63. The lowest BCUT2D eigenvalue weighted by atomic mass is 10.00. The van der Waals surface area contributed by atoms with Crippen LogP contribution in [-0.2, 0) is 13.1 Å². The highest BCUT2D eigenvalue weighted by Gasteiger charge is 2.33. The number of ether oxygens (including phenoxy) is 2. The molecule has 152 valence electrons. The van der Waals surface area contributed by atoms with Crippen LogP contribution in [0.15, 0.2) is 47.5 Å². The first-order valence-electron chi connectivity index (χ1n) is 9.43. The predicted octanol–water partition coefficient (Wildman–Crippen LogP) is 6.33. The molecule has 4 nitrogen and oxygen atoms in total. The molecule has 0 atom stereocenters. The van der Waals surface area contributed by atoms with Crippen LogP contribution in [0.1, 0.15) is 31.9 Å². The van der Waals surface area contributed by atoms with Crippen molar-refractivity contribution in [2.75, 3.05) is 6.73 Å². The largest absolute Gasteiger partial charge is 0.477 e. The number of allylic oxidation sites excluding steroid dienone is 1. The molecule has 0 spiro atoms. The van der Waals surface area contributed by atoms with Crippen LogP contribution in [0.25, 0.3) is 6.08 Å². The van der Waals surface area contributed by atoms with E-state index < -0.39 is 0 Å². The van der Waals surface area contributed by atoms with Crippen molar-refractivity contribution in [3.63, 3.8) is 0 Å². The molecular formula is C23H17Cl2NO3S. The highest BCUT2D eigenvalue weighted by Crippen LogP contribution is 2.43. The van der Waals surface area contributed by atoms with Crippen molar-refractivity contribution in [3.8, 4) is 11.5 Å². The van der Waals surface area contributed by atoms with Crippen LogP contribution in [0.5, 0.6) is 11.5 Å². The number of halogens is 2. The normalized spacial score (nSPS) is 16.9. The van der Waals surface area contributed by atoms with Gasteiger partial charge in [0, 0.05) is 45.2 Å². The van der Waals surface area contributed by atoms with Gasteiger partial charge in [-0.1, -0.05) is 35.3 Å². The number of Topliss-reactive ketones (excluding diaryl/α,β-unsaturated/α-hetero) is 1. The summed E-state index contributed by atoms with van der Waals surface area (Å²) in [6.45, 7) is 3.64. The Hall–Kier alpha value is -2.31. The lowest BCUT2D eigenvalue weighted by Crippen LogP contribution is -2.32. The van der Waals surface area contributed by atoms with Gasteiger partial charge >= 0.3 is 0 Å². The topological polar surface area (TPSA) is 38.8 Å². The van der Waals surface area contributed by atoms with Crippen molar-refractivity contribution in [1.29, 1.82) is 0 Å². The van der Waals surface area contributed by atoms with E-state index in [9.17, 15) is 4.79 Å². The summed E-state index contributed by atoms with van der Waals surface area (Å²) in [4.78, 5) is 16.1. The monoisotopic (exact) mass is 457 g/mol. The second-order valence-electron chi connectivity index (χ2n) is 7.32. The Kier molecular flexibility index (Phi) is 5.07. The van der Waals surface area contributed by atoms with Gasteiger partial charge in [-0.15, -0.1) is 11.3 Å². The first-order valence-corrected chi connectivity index (χ1v) is 11.1. The van der Waals surface area contributed by atoms with Crippen LogP contribution in [-0.4, -0.2) is 17.4 Å². The number of carbonyl (C=O) groups excluding carboxylic acids is 1. The van der Waals surface area contributed by atoms with Crippen LogP contribution in [0, 0.1) is 6.92 Å². The number of ketones is 1. The first kappa shape index (κ1) is 19.6. The van der Waals surface area contributed by atoms with Crippen molar-refractivity contribution < 1.29 is 14.3 Å². The zero-order valence-corrected chi connectivity index (χ0v) is 18.4. The van der Waals surface area contributed by atoms with Gasteiger partial charge in [0.05, 0.1) is 5.56 Å². The van der Waals surface area contributed by atoms with Gasteiger partial charge in [0.1, 0.15) is 18.2 Å². The quantitative estimate of drug-likeness (QED) is 0.430. The Morgan fingerprint density at radius 1 is 1.20 bits per heavy atom. The third kappa shape index (κ3) is 3.52. The van der Waals surface area contributed by atoms with Crippen molar-refractivity contribution in [2.45, 2.75) is 20.0 Å². The minimum Gasteiger partial charge on any atom is -0.477 e.